The lowest BCUT2D eigenvalue weighted by Gasteiger charge is -2.12. The third-order valence-electron chi connectivity index (χ3n) is 2.45. The summed E-state index contributed by atoms with van der Waals surface area (Å²) in [5.41, 5.74) is 7.15. The van der Waals surface area contributed by atoms with Crippen LogP contribution in [0.25, 0.3) is 0 Å². The number of esters is 1. The van der Waals surface area contributed by atoms with Crippen molar-refractivity contribution >= 4 is 57.6 Å². The minimum atomic E-state index is -0.402. The van der Waals surface area contributed by atoms with Gasteiger partial charge in [0, 0.05) is 5.02 Å². The maximum absolute atomic E-state index is 11.5. The summed E-state index contributed by atoms with van der Waals surface area (Å²) in [6.07, 6.45) is 0. The molecule has 0 radical (unpaired) electrons. The first-order valence-electron chi connectivity index (χ1n) is 5.84. The molecule has 0 spiro atoms. The molecule has 0 fully saturated rings. The topological polar surface area (TPSA) is 62.4 Å². The lowest BCUT2D eigenvalue weighted by Crippen LogP contribution is -2.33. The van der Waals surface area contributed by atoms with Crippen molar-refractivity contribution in [3.05, 3.63) is 45.6 Å². The van der Waals surface area contributed by atoms with Crippen molar-refractivity contribution in [1.82, 2.24) is 5.43 Å². The maximum atomic E-state index is 11.5. The van der Waals surface area contributed by atoms with Gasteiger partial charge in [-0.25, -0.2) is 4.79 Å². The summed E-state index contributed by atoms with van der Waals surface area (Å²) >= 11 is 12.2. The van der Waals surface area contributed by atoms with E-state index >= 15 is 0 Å². The van der Waals surface area contributed by atoms with Gasteiger partial charge in [-0.15, -0.1) is 11.3 Å². The number of anilines is 2. The lowest BCUT2D eigenvalue weighted by molar-refractivity contribution is 0.0607. The Labute approximate surface area is 136 Å². The van der Waals surface area contributed by atoms with Crippen molar-refractivity contribution in [2.24, 2.45) is 0 Å². The van der Waals surface area contributed by atoms with E-state index in [-0.39, 0.29) is 0 Å². The van der Waals surface area contributed by atoms with E-state index in [0.29, 0.717) is 20.7 Å². The molecule has 0 amide bonds. The minimum absolute atomic E-state index is 0.327. The molecule has 1 heterocycles. The van der Waals surface area contributed by atoms with E-state index in [1.807, 2.05) is 12.1 Å². The molecular formula is C13H12ClN3O2S2. The second kappa shape index (κ2) is 7.26. The van der Waals surface area contributed by atoms with E-state index in [9.17, 15) is 4.79 Å². The molecular weight excluding hydrogens is 330 g/mol. The second-order valence-electron chi connectivity index (χ2n) is 3.87. The minimum Gasteiger partial charge on any atom is -0.465 e. The first-order valence-corrected chi connectivity index (χ1v) is 7.51. The fourth-order valence-corrected chi connectivity index (χ4v) is 2.53. The van der Waals surface area contributed by atoms with Crippen LogP contribution in [-0.4, -0.2) is 18.2 Å². The number of hydrogen-bond donors (Lipinski definition) is 3. The zero-order chi connectivity index (χ0) is 15.2. The van der Waals surface area contributed by atoms with Gasteiger partial charge in [-0.1, -0.05) is 11.6 Å². The van der Waals surface area contributed by atoms with Crippen LogP contribution in [0, 0.1) is 0 Å². The molecule has 0 aliphatic carbocycles. The molecule has 2 aromatic rings. The van der Waals surface area contributed by atoms with Crippen molar-refractivity contribution in [3.8, 4) is 0 Å². The molecule has 0 saturated heterocycles. The Hall–Kier alpha value is -1.83. The second-order valence-corrected chi connectivity index (χ2v) is 5.63. The molecule has 0 aliphatic heterocycles. The van der Waals surface area contributed by atoms with Crippen molar-refractivity contribution in [3.63, 3.8) is 0 Å². The van der Waals surface area contributed by atoms with Crippen LogP contribution in [0.2, 0.25) is 5.02 Å². The molecule has 0 saturated carbocycles. The first-order chi connectivity index (χ1) is 10.1. The number of rotatable bonds is 4. The van der Waals surface area contributed by atoms with Gasteiger partial charge in [-0.3, -0.25) is 10.9 Å². The Balaban J connectivity index is 1.92. The van der Waals surface area contributed by atoms with Crippen LogP contribution < -0.4 is 16.2 Å². The third-order valence-corrected chi connectivity index (χ3v) is 3.80. The molecule has 8 heteroatoms. The van der Waals surface area contributed by atoms with E-state index < -0.39 is 5.97 Å². The lowest BCUT2D eigenvalue weighted by atomic mass is 10.3. The van der Waals surface area contributed by atoms with Crippen LogP contribution >= 0.6 is 35.2 Å². The zero-order valence-electron chi connectivity index (χ0n) is 11.0. The van der Waals surface area contributed by atoms with Crippen LogP contribution in [0.4, 0.5) is 11.4 Å². The Kier molecular flexibility index (Phi) is 5.38. The molecule has 1 aromatic carbocycles. The smallest absolute Gasteiger partial charge is 0.350 e. The molecule has 21 heavy (non-hydrogen) atoms. The largest absolute Gasteiger partial charge is 0.465 e. The Bertz CT molecular complexity index is 643. The van der Waals surface area contributed by atoms with Gasteiger partial charge in [-0.2, -0.15) is 0 Å². The number of nitrogens with one attached hydrogen (secondary N) is 3. The number of hydrazine groups is 1. The number of hydrogen-bond acceptors (Lipinski definition) is 5. The summed E-state index contributed by atoms with van der Waals surface area (Å²) < 4.78 is 4.70. The summed E-state index contributed by atoms with van der Waals surface area (Å²) in [5, 5.41) is 5.69. The highest BCUT2D eigenvalue weighted by molar-refractivity contribution is 7.80. The Morgan fingerprint density at radius 3 is 2.67 bits per heavy atom. The van der Waals surface area contributed by atoms with E-state index in [4.69, 9.17) is 28.6 Å². The SMILES string of the molecule is COC(=O)c1sccc1NC(=S)NNc1ccc(Cl)cc1. The molecule has 2 rings (SSSR count). The van der Waals surface area contributed by atoms with Gasteiger partial charge in [0.25, 0.3) is 0 Å². The van der Waals surface area contributed by atoms with Crippen molar-refractivity contribution in [1.29, 1.82) is 0 Å². The van der Waals surface area contributed by atoms with Crippen LogP contribution in [0.15, 0.2) is 35.7 Å². The average Bonchev–Trinajstić information content (AvgIpc) is 2.94. The average molecular weight is 342 g/mol. The van der Waals surface area contributed by atoms with E-state index in [1.165, 1.54) is 18.4 Å². The predicted molar refractivity (Wildman–Crippen MR) is 90.1 cm³/mol. The molecule has 3 N–H and O–H groups in total. The molecule has 0 unspecified atom stereocenters. The van der Waals surface area contributed by atoms with Crippen molar-refractivity contribution in [2.75, 3.05) is 17.9 Å². The summed E-state index contributed by atoms with van der Waals surface area (Å²) in [5.74, 6) is -0.402. The van der Waals surface area contributed by atoms with Gasteiger partial charge < -0.3 is 10.1 Å². The Morgan fingerprint density at radius 2 is 2.00 bits per heavy atom. The molecule has 0 aliphatic rings. The predicted octanol–water partition coefficient (Wildman–Crippen LogP) is 3.50. The first kappa shape index (κ1) is 15.6. The normalized spacial score (nSPS) is 9.81. The van der Waals surface area contributed by atoms with Gasteiger partial charge in [0.05, 0.1) is 18.5 Å². The fourth-order valence-electron chi connectivity index (χ4n) is 1.47. The molecule has 0 atom stereocenters. The summed E-state index contributed by atoms with van der Waals surface area (Å²) in [6, 6.07) is 8.89. The molecule has 110 valence electrons. The number of ether oxygens (including phenoxy) is 1. The number of carbonyl (C=O) groups excluding carboxylic acids is 1. The number of thiocarbonyl (C=S) groups is 1. The van der Waals surface area contributed by atoms with Crippen LogP contribution in [0.3, 0.4) is 0 Å². The standard InChI is InChI=1S/C13H12ClN3O2S2/c1-19-12(18)11-10(6-7-21-11)15-13(20)17-16-9-4-2-8(14)3-5-9/h2-7,16H,1H3,(H2,15,17,20). The number of halogens is 1. The van der Waals surface area contributed by atoms with Crippen molar-refractivity contribution < 1.29 is 9.53 Å². The highest BCUT2D eigenvalue weighted by Crippen LogP contribution is 2.23. The molecule has 5 nitrogen and oxygen atoms in total. The number of methoxy groups -OCH3 is 1. The summed E-state index contributed by atoms with van der Waals surface area (Å²) in [4.78, 5) is 12.0. The molecule has 1 aromatic heterocycles. The van der Waals surface area contributed by atoms with E-state index in [2.05, 4.69) is 16.2 Å². The highest BCUT2D eigenvalue weighted by atomic mass is 35.5. The van der Waals surface area contributed by atoms with Gasteiger partial charge in [-0.05, 0) is 47.9 Å². The number of carbonyl (C=O) groups is 1. The van der Waals surface area contributed by atoms with Gasteiger partial charge in [0.15, 0.2) is 5.11 Å². The highest BCUT2D eigenvalue weighted by Gasteiger charge is 2.14. The van der Waals surface area contributed by atoms with E-state index in [0.717, 1.165) is 5.69 Å². The Morgan fingerprint density at radius 1 is 1.29 bits per heavy atom. The number of benzene rings is 1. The fraction of sp³-hybridized carbons (Fsp3) is 0.0769. The zero-order valence-corrected chi connectivity index (χ0v) is 13.4. The van der Waals surface area contributed by atoms with Crippen LogP contribution in [0.5, 0.6) is 0 Å². The maximum Gasteiger partial charge on any atom is 0.350 e. The quantitative estimate of drug-likeness (QED) is 0.449. The third kappa shape index (κ3) is 4.32. The van der Waals surface area contributed by atoms with Crippen molar-refractivity contribution in [2.45, 2.75) is 0 Å². The number of thiophene rings is 1. The molecule has 0 bridgehead atoms. The van der Waals surface area contributed by atoms with Crippen LogP contribution in [0.1, 0.15) is 9.67 Å². The van der Waals surface area contributed by atoms with E-state index in [1.54, 1.807) is 23.6 Å². The van der Waals surface area contributed by atoms with Gasteiger partial charge in [0.2, 0.25) is 0 Å². The van der Waals surface area contributed by atoms with Gasteiger partial charge >= 0.3 is 5.97 Å². The van der Waals surface area contributed by atoms with Crippen LogP contribution in [-0.2, 0) is 4.74 Å². The monoisotopic (exact) mass is 341 g/mol. The summed E-state index contributed by atoms with van der Waals surface area (Å²) in [6.45, 7) is 0. The van der Waals surface area contributed by atoms with Gasteiger partial charge in [0.1, 0.15) is 4.88 Å². The summed E-state index contributed by atoms with van der Waals surface area (Å²) in [7, 11) is 1.34.